The van der Waals surface area contributed by atoms with Crippen LogP contribution in [0.15, 0.2) is 36.5 Å². The molecule has 0 radical (unpaired) electrons. The summed E-state index contributed by atoms with van der Waals surface area (Å²) in [6.45, 7) is 2.75. The Kier molecular flexibility index (Phi) is 4.82. The van der Waals surface area contributed by atoms with Crippen LogP contribution in [0.1, 0.15) is 23.8 Å². The first-order valence-corrected chi connectivity index (χ1v) is 6.79. The fourth-order valence-corrected chi connectivity index (χ4v) is 2.07. The molecule has 2 rings (SSSR count). The van der Waals surface area contributed by atoms with Crippen LogP contribution in [0.5, 0.6) is 0 Å². The van der Waals surface area contributed by atoms with Crippen LogP contribution in [-0.4, -0.2) is 40.6 Å². The van der Waals surface area contributed by atoms with Gasteiger partial charge in [0.15, 0.2) is 5.82 Å². The van der Waals surface area contributed by atoms with Gasteiger partial charge in [-0.15, -0.1) is 0 Å². The largest absolute Gasteiger partial charge is 0.388 e. The molecule has 0 fully saturated rings. The lowest BCUT2D eigenvalue weighted by atomic mass is 10.1. The third kappa shape index (κ3) is 3.62. The molecule has 0 aliphatic carbocycles. The molecule has 1 aromatic heterocycles. The smallest absolute Gasteiger partial charge is 0.159 e. The normalized spacial score (nSPS) is 12.7. The van der Waals surface area contributed by atoms with Crippen LogP contribution in [-0.2, 0) is 0 Å². The van der Waals surface area contributed by atoms with Crippen LogP contribution < -0.4 is 0 Å². The summed E-state index contributed by atoms with van der Waals surface area (Å²) in [5, 5.41) is 10.2. The first-order valence-electron chi connectivity index (χ1n) is 6.79. The average molecular weight is 271 g/mol. The van der Waals surface area contributed by atoms with Crippen LogP contribution in [0.25, 0.3) is 11.4 Å². The molecule has 4 heteroatoms. The van der Waals surface area contributed by atoms with Gasteiger partial charge in [0.05, 0.1) is 6.10 Å². The second-order valence-corrected chi connectivity index (χ2v) is 5.21. The summed E-state index contributed by atoms with van der Waals surface area (Å²) >= 11 is 0. The maximum atomic E-state index is 10.2. The van der Waals surface area contributed by atoms with Gasteiger partial charge in [-0.05, 0) is 27.4 Å². The molecule has 1 N–H and O–H groups in total. The average Bonchev–Trinajstić information content (AvgIpc) is 2.45. The summed E-state index contributed by atoms with van der Waals surface area (Å²) in [4.78, 5) is 10.9. The zero-order valence-corrected chi connectivity index (χ0v) is 12.2. The van der Waals surface area contributed by atoms with Crippen molar-refractivity contribution in [3.05, 3.63) is 47.8 Å². The van der Waals surface area contributed by atoms with Crippen molar-refractivity contribution in [3.8, 4) is 11.4 Å². The number of rotatable bonds is 5. The monoisotopic (exact) mass is 271 g/mol. The summed E-state index contributed by atoms with van der Waals surface area (Å²) in [6.07, 6.45) is 1.91. The first-order chi connectivity index (χ1) is 9.58. The van der Waals surface area contributed by atoms with Crippen LogP contribution >= 0.6 is 0 Å². The van der Waals surface area contributed by atoms with Crippen molar-refractivity contribution in [1.82, 2.24) is 14.9 Å². The highest BCUT2D eigenvalue weighted by atomic mass is 16.3. The Balaban J connectivity index is 2.18. The van der Waals surface area contributed by atoms with Gasteiger partial charge in [-0.25, -0.2) is 9.97 Å². The van der Waals surface area contributed by atoms with E-state index in [0.717, 1.165) is 23.4 Å². The molecule has 0 spiro atoms. The quantitative estimate of drug-likeness (QED) is 0.907. The second-order valence-electron chi connectivity index (χ2n) is 5.21. The predicted octanol–water partition coefficient (Wildman–Crippen LogP) is 2.44. The van der Waals surface area contributed by atoms with Gasteiger partial charge in [0.25, 0.3) is 0 Å². The lowest BCUT2D eigenvalue weighted by Gasteiger charge is -2.16. The highest BCUT2D eigenvalue weighted by molar-refractivity contribution is 5.54. The molecular weight excluding hydrogens is 250 g/mol. The van der Waals surface area contributed by atoms with E-state index in [1.807, 2.05) is 51.4 Å². The Labute approximate surface area is 120 Å². The van der Waals surface area contributed by atoms with E-state index in [4.69, 9.17) is 0 Å². The molecule has 0 aliphatic rings. The summed E-state index contributed by atoms with van der Waals surface area (Å²) in [6, 6.07) is 9.87. The summed E-state index contributed by atoms with van der Waals surface area (Å²) in [7, 11) is 3.99. The van der Waals surface area contributed by atoms with Crippen molar-refractivity contribution in [2.75, 3.05) is 20.6 Å². The Morgan fingerprint density at radius 3 is 2.50 bits per heavy atom. The van der Waals surface area contributed by atoms with Gasteiger partial charge in [0.1, 0.15) is 0 Å². The van der Waals surface area contributed by atoms with Crippen molar-refractivity contribution >= 4 is 0 Å². The van der Waals surface area contributed by atoms with Gasteiger partial charge in [-0.2, -0.15) is 0 Å². The third-order valence-corrected chi connectivity index (χ3v) is 3.26. The van der Waals surface area contributed by atoms with E-state index < -0.39 is 6.10 Å². The predicted molar refractivity (Wildman–Crippen MR) is 80.3 cm³/mol. The molecule has 106 valence electrons. The van der Waals surface area contributed by atoms with Gasteiger partial charge in [-0.3, -0.25) is 0 Å². The Bertz CT molecular complexity index is 555. The SMILES string of the molecule is Cc1nc(-c2ccccc2)ncc1C(O)CCN(C)C. The zero-order chi connectivity index (χ0) is 14.5. The van der Waals surface area contributed by atoms with E-state index in [2.05, 4.69) is 14.9 Å². The van der Waals surface area contributed by atoms with Crippen LogP contribution in [0, 0.1) is 6.92 Å². The van der Waals surface area contributed by atoms with Gasteiger partial charge in [0, 0.05) is 29.6 Å². The fraction of sp³-hybridized carbons (Fsp3) is 0.375. The standard InChI is InChI=1S/C16H21N3O/c1-12-14(15(20)9-10-19(2)3)11-17-16(18-12)13-7-5-4-6-8-13/h4-8,11,15,20H,9-10H2,1-3H3. The molecule has 1 unspecified atom stereocenters. The van der Waals surface area contributed by atoms with Crippen molar-refractivity contribution in [3.63, 3.8) is 0 Å². The van der Waals surface area contributed by atoms with Crippen molar-refractivity contribution in [2.24, 2.45) is 0 Å². The second kappa shape index (κ2) is 6.59. The van der Waals surface area contributed by atoms with Gasteiger partial charge in [-0.1, -0.05) is 30.3 Å². The highest BCUT2D eigenvalue weighted by Gasteiger charge is 2.13. The molecule has 4 nitrogen and oxygen atoms in total. The summed E-state index contributed by atoms with van der Waals surface area (Å²) in [5.41, 5.74) is 2.64. The van der Waals surface area contributed by atoms with E-state index in [-0.39, 0.29) is 0 Å². The Hall–Kier alpha value is -1.78. The van der Waals surface area contributed by atoms with Crippen molar-refractivity contribution in [2.45, 2.75) is 19.4 Å². The Morgan fingerprint density at radius 2 is 1.90 bits per heavy atom. The minimum absolute atomic E-state index is 0.512. The van der Waals surface area contributed by atoms with E-state index in [1.165, 1.54) is 0 Å². The molecule has 2 aromatic rings. The maximum absolute atomic E-state index is 10.2. The molecule has 0 bridgehead atoms. The van der Waals surface area contributed by atoms with Gasteiger partial charge < -0.3 is 10.0 Å². The molecule has 0 aliphatic heterocycles. The number of aromatic nitrogens is 2. The first kappa shape index (κ1) is 14.6. The number of benzene rings is 1. The Morgan fingerprint density at radius 1 is 1.20 bits per heavy atom. The van der Waals surface area contributed by atoms with Crippen molar-refractivity contribution in [1.29, 1.82) is 0 Å². The molecule has 0 amide bonds. The zero-order valence-electron chi connectivity index (χ0n) is 12.2. The molecule has 0 saturated carbocycles. The third-order valence-electron chi connectivity index (χ3n) is 3.26. The minimum atomic E-state index is -0.512. The van der Waals surface area contributed by atoms with E-state index in [1.54, 1.807) is 6.20 Å². The van der Waals surface area contributed by atoms with Crippen LogP contribution in [0.2, 0.25) is 0 Å². The van der Waals surface area contributed by atoms with Crippen LogP contribution in [0.3, 0.4) is 0 Å². The molecule has 0 saturated heterocycles. The van der Waals surface area contributed by atoms with E-state index in [9.17, 15) is 5.11 Å². The van der Waals surface area contributed by atoms with Gasteiger partial charge >= 0.3 is 0 Å². The summed E-state index contributed by atoms with van der Waals surface area (Å²) < 4.78 is 0. The van der Waals surface area contributed by atoms with E-state index in [0.29, 0.717) is 12.2 Å². The number of aliphatic hydroxyl groups is 1. The number of aryl methyl sites for hydroxylation is 1. The molecule has 20 heavy (non-hydrogen) atoms. The molecule has 1 heterocycles. The van der Waals surface area contributed by atoms with E-state index >= 15 is 0 Å². The van der Waals surface area contributed by atoms with Crippen LogP contribution in [0.4, 0.5) is 0 Å². The topological polar surface area (TPSA) is 49.3 Å². The maximum Gasteiger partial charge on any atom is 0.159 e. The van der Waals surface area contributed by atoms with Gasteiger partial charge in [0.2, 0.25) is 0 Å². The highest BCUT2D eigenvalue weighted by Crippen LogP contribution is 2.21. The molecule has 1 aromatic carbocycles. The number of aliphatic hydroxyl groups excluding tert-OH is 1. The lowest BCUT2D eigenvalue weighted by molar-refractivity contribution is 0.153. The lowest BCUT2D eigenvalue weighted by Crippen LogP contribution is -2.16. The number of hydrogen-bond donors (Lipinski definition) is 1. The molecular formula is C16H21N3O. The number of nitrogens with zero attached hydrogens (tertiary/aromatic N) is 3. The summed E-state index contributed by atoms with van der Waals surface area (Å²) in [5.74, 6) is 0.701. The minimum Gasteiger partial charge on any atom is -0.388 e. The number of hydrogen-bond acceptors (Lipinski definition) is 4. The van der Waals surface area contributed by atoms with Crippen molar-refractivity contribution < 1.29 is 5.11 Å². The molecule has 1 atom stereocenters. The fourth-order valence-electron chi connectivity index (χ4n) is 2.07.